The molecule has 1 heterocycles. The Labute approximate surface area is 108 Å². The molecule has 3 nitrogen and oxygen atoms in total. The molecule has 0 atom stereocenters. The minimum absolute atomic E-state index is 0.267. The number of halogens is 2. The maximum atomic E-state index is 13.8. The van der Waals surface area contributed by atoms with Crippen LogP contribution in [0.2, 0.25) is 0 Å². The van der Waals surface area contributed by atoms with E-state index >= 15 is 0 Å². The highest BCUT2D eigenvalue weighted by atomic mass is 79.9. The third-order valence-corrected chi connectivity index (χ3v) is 2.93. The van der Waals surface area contributed by atoms with Gasteiger partial charge < -0.3 is 10.3 Å². The molecule has 0 amide bonds. The van der Waals surface area contributed by atoms with Gasteiger partial charge in [0.1, 0.15) is 11.6 Å². The molecule has 2 aromatic rings. The average molecular weight is 298 g/mol. The largest absolute Gasteiger partial charge is 0.345 e. The number of hydrogen-bond acceptors (Lipinski definition) is 2. The topological polar surface area (TPSA) is 40.7 Å². The lowest BCUT2D eigenvalue weighted by atomic mass is 10.1. The zero-order valence-corrected chi connectivity index (χ0v) is 11.2. The summed E-state index contributed by atoms with van der Waals surface area (Å²) in [6.45, 7) is 2.49. The summed E-state index contributed by atoms with van der Waals surface area (Å²) in [6, 6.07) is 4.85. The van der Waals surface area contributed by atoms with Crippen LogP contribution in [0, 0.1) is 12.7 Å². The summed E-state index contributed by atoms with van der Waals surface area (Å²) < 4.78 is 14.6. The number of imidazole rings is 1. The van der Waals surface area contributed by atoms with Gasteiger partial charge in [-0.1, -0.05) is 15.9 Å². The summed E-state index contributed by atoms with van der Waals surface area (Å²) in [5, 5.41) is 3.04. The number of nitrogens with zero attached hydrogens (tertiary/aromatic N) is 1. The maximum Gasteiger partial charge on any atom is 0.132 e. The molecule has 1 aromatic heterocycles. The van der Waals surface area contributed by atoms with Gasteiger partial charge in [0.2, 0.25) is 0 Å². The molecular weight excluding hydrogens is 285 g/mol. The Morgan fingerprint density at radius 1 is 1.47 bits per heavy atom. The van der Waals surface area contributed by atoms with Gasteiger partial charge in [0.05, 0.1) is 11.4 Å². The monoisotopic (exact) mass is 297 g/mol. The van der Waals surface area contributed by atoms with Crippen molar-refractivity contribution >= 4 is 15.9 Å². The van der Waals surface area contributed by atoms with E-state index < -0.39 is 0 Å². The minimum Gasteiger partial charge on any atom is -0.345 e. The molecule has 0 fully saturated rings. The zero-order valence-electron chi connectivity index (χ0n) is 9.64. The molecule has 1 aromatic carbocycles. The van der Waals surface area contributed by atoms with Crippen molar-refractivity contribution in [3.05, 3.63) is 40.0 Å². The Morgan fingerprint density at radius 2 is 2.24 bits per heavy atom. The number of hydrogen-bond donors (Lipinski definition) is 2. The van der Waals surface area contributed by atoms with Crippen LogP contribution in [0.15, 0.2) is 22.7 Å². The van der Waals surface area contributed by atoms with Crippen molar-refractivity contribution in [3.8, 4) is 11.3 Å². The molecule has 2 rings (SSSR count). The smallest absolute Gasteiger partial charge is 0.132 e. The lowest BCUT2D eigenvalue weighted by Gasteiger charge is -2.04. The Bertz CT molecular complexity index is 537. The van der Waals surface area contributed by atoms with Crippen LogP contribution in [-0.2, 0) is 6.54 Å². The van der Waals surface area contributed by atoms with Crippen LogP contribution in [-0.4, -0.2) is 17.0 Å². The second-order valence-corrected chi connectivity index (χ2v) is 4.72. The summed E-state index contributed by atoms with van der Waals surface area (Å²) >= 11 is 3.34. The van der Waals surface area contributed by atoms with Gasteiger partial charge in [-0.25, -0.2) is 9.37 Å². The fourth-order valence-corrected chi connectivity index (χ4v) is 2.11. The predicted molar refractivity (Wildman–Crippen MR) is 69.2 cm³/mol. The summed E-state index contributed by atoms with van der Waals surface area (Å²) in [4.78, 5) is 7.48. The highest BCUT2D eigenvalue weighted by Crippen LogP contribution is 2.27. The van der Waals surface area contributed by atoms with Gasteiger partial charge in [0, 0.05) is 16.6 Å². The number of aromatic amines is 1. The van der Waals surface area contributed by atoms with E-state index in [1.54, 1.807) is 12.1 Å². The SMILES string of the molecule is CNCc1[nH]c(C)nc1-c1cc(Br)ccc1F. The predicted octanol–water partition coefficient (Wildman–Crippen LogP) is 3.01. The van der Waals surface area contributed by atoms with E-state index in [9.17, 15) is 4.39 Å². The molecule has 0 saturated carbocycles. The second kappa shape index (κ2) is 4.98. The standard InChI is InChI=1S/C12H13BrFN3/c1-7-16-11(6-15-2)12(17-7)9-5-8(13)3-4-10(9)14/h3-5,15H,6H2,1-2H3,(H,16,17). The van der Waals surface area contributed by atoms with Crippen LogP contribution in [0.25, 0.3) is 11.3 Å². The number of nitrogens with one attached hydrogen (secondary N) is 2. The van der Waals surface area contributed by atoms with Crippen molar-refractivity contribution in [1.29, 1.82) is 0 Å². The summed E-state index contributed by atoms with van der Waals surface area (Å²) in [5.74, 6) is 0.515. The van der Waals surface area contributed by atoms with E-state index in [2.05, 4.69) is 31.2 Å². The molecule has 0 saturated heterocycles. The van der Waals surface area contributed by atoms with Gasteiger partial charge in [-0.15, -0.1) is 0 Å². The van der Waals surface area contributed by atoms with E-state index in [0.29, 0.717) is 17.8 Å². The van der Waals surface area contributed by atoms with Crippen LogP contribution >= 0.6 is 15.9 Å². The molecule has 0 aliphatic carbocycles. The molecule has 0 bridgehead atoms. The lowest BCUT2D eigenvalue weighted by Crippen LogP contribution is -2.06. The molecule has 0 unspecified atom stereocenters. The number of aromatic nitrogens is 2. The fraction of sp³-hybridized carbons (Fsp3) is 0.250. The quantitative estimate of drug-likeness (QED) is 0.914. The van der Waals surface area contributed by atoms with Crippen molar-refractivity contribution in [1.82, 2.24) is 15.3 Å². The van der Waals surface area contributed by atoms with E-state index in [1.807, 2.05) is 14.0 Å². The van der Waals surface area contributed by atoms with Crippen molar-refractivity contribution in [2.75, 3.05) is 7.05 Å². The molecule has 0 aliphatic heterocycles. The van der Waals surface area contributed by atoms with Crippen molar-refractivity contribution in [2.24, 2.45) is 0 Å². The third kappa shape index (κ3) is 2.56. The highest BCUT2D eigenvalue weighted by Gasteiger charge is 2.14. The molecular formula is C12H13BrFN3. The molecule has 90 valence electrons. The first-order chi connectivity index (χ1) is 8.11. The van der Waals surface area contributed by atoms with E-state index in [1.165, 1.54) is 6.07 Å². The molecule has 0 radical (unpaired) electrons. The Kier molecular flexibility index (Phi) is 3.59. The number of aryl methyl sites for hydroxylation is 1. The molecule has 0 spiro atoms. The molecule has 5 heteroatoms. The highest BCUT2D eigenvalue weighted by molar-refractivity contribution is 9.10. The van der Waals surface area contributed by atoms with Gasteiger partial charge >= 0.3 is 0 Å². The Morgan fingerprint density at radius 3 is 2.94 bits per heavy atom. The van der Waals surface area contributed by atoms with E-state index in [4.69, 9.17) is 0 Å². The zero-order chi connectivity index (χ0) is 12.4. The molecule has 2 N–H and O–H groups in total. The summed E-state index contributed by atoms with van der Waals surface area (Å²) in [7, 11) is 1.84. The van der Waals surface area contributed by atoms with Crippen molar-refractivity contribution < 1.29 is 4.39 Å². The van der Waals surface area contributed by atoms with E-state index in [0.717, 1.165) is 16.0 Å². The van der Waals surface area contributed by atoms with Crippen LogP contribution in [0.1, 0.15) is 11.5 Å². The lowest BCUT2D eigenvalue weighted by molar-refractivity contribution is 0.630. The third-order valence-electron chi connectivity index (χ3n) is 2.43. The number of rotatable bonds is 3. The first-order valence-corrected chi connectivity index (χ1v) is 6.06. The Balaban J connectivity index is 2.55. The van der Waals surface area contributed by atoms with Crippen molar-refractivity contribution in [3.63, 3.8) is 0 Å². The van der Waals surface area contributed by atoms with E-state index in [-0.39, 0.29) is 5.82 Å². The van der Waals surface area contributed by atoms with Crippen molar-refractivity contribution in [2.45, 2.75) is 13.5 Å². The first-order valence-electron chi connectivity index (χ1n) is 5.27. The van der Waals surface area contributed by atoms with Gasteiger partial charge in [-0.2, -0.15) is 0 Å². The second-order valence-electron chi connectivity index (χ2n) is 3.80. The molecule has 0 aliphatic rings. The van der Waals surface area contributed by atoms with Crippen LogP contribution in [0.3, 0.4) is 0 Å². The fourth-order valence-electron chi connectivity index (χ4n) is 1.75. The molecule has 17 heavy (non-hydrogen) atoms. The number of benzene rings is 1. The maximum absolute atomic E-state index is 13.8. The summed E-state index contributed by atoms with van der Waals surface area (Å²) in [6.07, 6.45) is 0. The van der Waals surface area contributed by atoms with Gasteiger partial charge in [-0.05, 0) is 32.2 Å². The van der Waals surface area contributed by atoms with Gasteiger partial charge in [-0.3, -0.25) is 0 Å². The van der Waals surface area contributed by atoms with Gasteiger partial charge in [0.15, 0.2) is 0 Å². The van der Waals surface area contributed by atoms with Crippen LogP contribution < -0.4 is 5.32 Å². The van der Waals surface area contributed by atoms with Crippen LogP contribution in [0.4, 0.5) is 4.39 Å². The van der Waals surface area contributed by atoms with Gasteiger partial charge in [0.25, 0.3) is 0 Å². The first kappa shape index (κ1) is 12.3. The number of H-pyrrole nitrogens is 1. The normalized spacial score (nSPS) is 10.8. The minimum atomic E-state index is -0.267. The van der Waals surface area contributed by atoms with Crippen LogP contribution in [0.5, 0.6) is 0 Å². The average Bonchev–Trinajstić information content (AvgIpc) is 2.64. The summed E-state index contributed by atoms with van der Waals surface area (Å²) in [5.41, 5.74) is 2.06. The Hall–Kier alpha value is -1.20.